The van der Waals surface area contributed by atoms with Crippen LogP contribution in [0.3, 0.4) is 0 Å². The second-order valence-electron chi connectivity index (χ2n) is 21.8. The van der Waals surface area contributed by atoms with Crippen molar-refractivity contribution < 1.29 is 50.9 Å². The van der Waals surface area contributed by atoms with Gasteiger partial charge in [-0.3, -0.25) is 10.4 Å². The van der Waals surface area contributed by atoms with Gasteiger partial charge in [0.05, 0.1) is 30.2 Å². The summed E-state index contributed by atoms with van der Waals surface area (Å²) in [4.78, 5) is 47.0. The van der Waals surface area contributed by atoms with Gasteiger partial charge in [0.25, 0.3) is 8.32 Å². The normalized spacial score (nSPS) is 17.4. The molecule has 14 nitrogen and oxygen atoms in total. The van der Waals surface area contributed by atoms with E-state index < -0.39 is 68.8 Å². The van der Waals surface area contributed by atoms with E-state index in [1.165, 1.54) is 4.57 Å². The molecular formula is C59H71F3N6O8Si. The van der Waals surface area contributed by atoms with Gasteiger partial charge in [-0.2, -0.15) is 13.2 Å². The number of ether oxygens (including phenoxy) is 4. The number of alkyl halides is 3. The van der Waals surface area contributed by atoms with Crippen LogP contribution in [0.15, 0.2) is 128 Å². The quantitative estimate of drug-likeness (QED) is 0.0403. The summed E-state index contributed by atoms with van der Waals surface area (Å²) < 4.78 is 77.0. The van der Waals surface area contributed by atoms with Crippen LogP contribution in [0.25, 0.3) is 22.2 Å². The summed E-state index contributed by atoms with van der Waals surface area (Å²) in [5.74, 6) is -1.75. The number of alkyl carbamates (subject to hydrolysis) is 1. The summed E-state index contributed by atoms with van der Waals surface area (Å²) in [6.07, 6.45) is -3.72. The number of anilines is 1. The van der Waals surface area contributed by atoms with Crippen LogP contribution in [0.2, 0.25) is 5.04 Å². The number of morpholine rings is 1. The van der Waals surface area contributed by atoms with Gasteiger partial charge in [-0.15, -0.1) is 0 Å². The van der Waals surface area contributed by atoms with E-state index in [1.54, 1.807) is 43.6 Å². The van der Waals surface area contributed by atoms with Crippen LogP contribution in [0, 0.1) is 5.41 Å². The van der Waals surface area contributed by atoms with Crippen LogP contribution in [0.1, 0.15) is 83.7 Å². The zero-order valence-corrected chi connectivity index (χ0v) is 46.0. The van der Waals surface area contributed by atoms with Gasteiger partial charge >= 0.3 is 24.2 Å². The van der Waals surface area contributed by atoms with E-state index in [-0.39, 0.29) is 37.8 Å². The fourth-order valence-electron chi connectivity index (χ4n) is 10.6. The number of hydrogen-bond donors (Lipinski definition) is 3. The van der Waals surface area contributed by atoms with Crippen molar-refractivity contribution in [1.82, 2.24) is 25.7 Å². The minimum absolute atomic E-state index is 0.0614. The molecule has 410 valence electrons. The van der Waals surface area contributed by atoms with Crippen molar-refractivity contribution in [3.05, 3.63) is 144 Å². The highest BCUT2D eigenvalue weighted by Gasteiger charge is 2.51. The molecule has 1 unspecified atom stereocenters. The number of methoxy groups -OCH3 is 1. The maximum atomic E-state index is 15.1. The molecule has 18 heteroatoms. The Hall–Kier alpha value is -6.41. The maximum Gasteiger partial charge on any atom is 0.408 e. The number of aromatic nitrogens is 2. The third-order valence-corrected chi connectivity index (χ3v) is 19.4. The molecule has 4 heterocycles. The third-order valence-electron chi connectivity index (χ3n) is 14.4. The molecule has 6 aromatic rings. The largest absolute Gasteiger partial charge is 0.445 e. The molecule has 2 aromatic heterocycles. The maximum absolute atomic E-state index is 15.1. The van der Waals surface area contributed by atoms with Crippen LogP contribution in [0.5, 0.6) is 0 Å². The van der Waals surface area contributed by atoms with E-state index in [0.717, 1.165) is 15.9 Å². The average Bonchev–Trinajstić information content (AvgIpc) is 3.84. The highest BCUT2D eigenvalue weighted by Crippen LogP contribution is 2.44. The summed E-state index contributed by atoms with van der Waals surface area (Å²) in [6.45, 7) is 13.1. The van der Waals surface area contributed by atoms with Crippen molar-refractivity contribution in [1.29, 1.82) is 0 Å². The number of carbonyl (C=O) groups is 3. The molecule has 2 aliphatic rings. The van der Waals surface area contributed by atoms with E-state index in [2.05, 4.69) is 80.0 Å². The van der Waals surface area contributed by atoms with Gasteiger partial charge < -0.3 is 38.2 Å². The molecular weight excluding hydrogens is 1010 g/mol. The Morgan fingerprint density at radius 2 is 1.57 bits per heavy atom. The van der Waals surface area contributed by atoms with Gasteiger partial charge in [-0.25, -0.2) is 19.8 Å². The molecule has 0 bridgehead atoms. The molecule has 1 amide bonds. The van der Waals surface area contributed by atoms with Gasteiger partial charge in [-0.1, -0.05) is 126 Å². The molecule has 2 fully saturated rings. The number of rotatable bonds is 19. The minimum Gasteiger partial charge on any atom is -0.445 e. The molecule has 8 rings (SSSR count). The first-order valence-corrected chi connectivity index (χ1v) is 28.2. The van der Waals surface area contributed by atoms with Crippen molar-refractivity contribution in [2.45, 2.75) is 116 Å². The number of nitrogens with zero attached hydrogens (tertiary/aromatic N) is 3. The van der Waals surface area contributed by atoms with Gasteiger partial charge in [0.2, 0.25) is 0 Å². The van der Waals surface area contributed by atoms with Gasteiger partial charge in [0.1, 0.15) is 25.2 Å². The van der Waals surface area contributed by atoms with Crippen LogP contribution in [-0.2, 0) is 52.5 Å². The van der Waals surface area contributed by atoms with Crippen molar-refractivity contribution in [3.8, 4) is 11.3 Å². The standard InChI is InChI=1S/C59H71F3N6O8Si/c1-40(72-7)52-46(25-17-29-63-52)53-48(35-58(5,6)39-75-77(57(2,3)4,44-21-13-9-14-22-44)45-23-15-10-16-24-45)47-33-42(27-28-51(47)68(53)38-59(60,61)62)67-31-32-73-43(36-67)34-50(55(70)76-54(69)49-26-18-30-64-66-49)65-56(71)74-37-41-19-11-8-12-20-41/h8-17,19-25,27-29,33,40,43,49-50,64,66H,18,26,30-32,34-39H2,1-7H3,(H,65,71)/t40-,43-,49?,50-/m0/s1. The third kappa shape index (κ3) is 13.7. The number of amides is 1. The smallest absolute Gasteiger partial charge is 0.408 e. The van der Waals surface area contributed by atoms with Gasteiger partial charge in [0.15, 0.2) is 0 Å². The van der Waals surface area contributed by atoms with Crippen LogP contribution < -0.4 is 31.4 Å². The number of benzene rings is 4. The van der Waals surface area contributed by atoms with Gasteiger partial charge in [0, 0.05) is 68.1 Å². The lowest BCUT2D eigenvalue weighted by molar-refractivity contribution is -0.164. The van der Waals surface area contributed by atoms with Crippen molar-refractivity contribution in [2.75, 3.05) is 44.9 Å². The summed E-state index contributed by atoms with van der Waals surface area (Å²) in [7, 11) is -1.50. The Labute approximate surface area is 450 Å². The van der Waals surface area contributed by atoms with E-state index in [1.807, 2.05) is 73.7 Å². The van der Waals surface area contributed by atoms with Crippen LogP contribution >= 0.6 is 0 Å². The van der Waals surface area contributed by atoms with Gasteiger partial charge in [-0.05, 0) is 88.5 Å². The van der Waals surface area contributed by atoms with E-state index >= 15 is 13.2 Å². The van der Waals surface area contributed by atoms with Crippen LogP contribution in [-0.4, -0.2) is 100 Å². The number of pyridine rings is 1. The molecule has 4 aromatic carbocycles. The zero-order chi connectivity index (χ0) is 55.0. The molecule has 0 saturated carbocycles. The average molecular weight is 1080 g/mol. The highest BCUT2D eigenvalue weighted by molar-refractivity contribution is 6.99. The minimum atomic E-state index is -4.60. The Morgan fingerprint density at radius 3 is 2.19 bits per heavy atom. The lowest BCUT2D eigenvalue weighted by atomic mass is 9.84. The molecule has 3 N–H and O–H groups in total. The Balaban J connectivity index is 1.16. The monoisotopic (exact) mass is 1080 g/mol. The number of hydrogen-bond acceptors (Lipinski definition) is 12. The number of carbonyl (C=O) groups excluding carboxylic acids is 3. The second kappa shape index (κ2) is 24.5. The molecule has 2 saturated heterocycles. The second-order valence-corrected chi connectivity index (χ2v) is 26.1. The van der Waals surface area contributed by atoms with Crippen molar-refractivity contribution in [2.24, 2.45) is 5.41 Å². The Kier molecular flexibility index (Phi) is 18.1. The molecule has 0 aliphatic carbocycles. The first-order chi connectivity index (χ1) is 36.8. The topological polar surface area (TPSA) is 155 Å². The lowest BCUT2D eigenvalue weighted by Crippen LogP contribution is -2.67. The van der Waals surface area contributed by atoms with E-state index in [0.29, 0.717) is 71.5 Å². The highest BCUT2D eigenvalue weighted by atomic mass is 28.4. The molecule has 0 radical (unpaired) electrons. The molecule has 4 atom stereocenters. The predicted octanol–water partition coefficient (Wildman–Crippen LogP) is 9.34. The lowest BCUT2D eigenvalue weighted by Gasteiger charge is -2.44. The number of hydrazine groups is 1. The Morgan fingerprint density at radius 1 is 0.896 bits per heavy atom. The fraction of sp³-hybridized carbons (Fsp3) is 0.424. The zero-order valence-electron chi connectivity index (χ0n) is 45.0. The number of esters is 2. The van der Waals surface area contributed by atoms with Crippen LogP contribution in [0.4, 0.5) is 23.7 Å². The molecule has 2 aliphatic heterocycles. The van der Waals surface area contributed by atoms with Crippen molar-refractivity contribution in [3.63, 3.8) is 0 Å². The summed E-state index contributed by atoms with van der Waals surface area (Å²) in [5.41, 5.74) is 9.04. The first-order valence-electron chi connectivity index (χ1n) is 26.3. The van der Waals surface area contributed by atoms with E-state index in [4.69, 9.17) is 28.4 Å². The first kappa shape index (κ1) is 56.8. The SMILES string of the molecule is CO[C@@H](C)c1ncccc1-c1c(CC(C)(C)CO[Si](c2ccccc2)(c2ccccc2)C(C)(C)C)c2cc(N3CCO[C@@H](C[C@H](NC(=O)OCc4ccccc4)C(=O)OC(=O)C4CCCNN4)C3)ccc2n1CC(F)(F)F. The summed E-state index contributed by atoms with van der Waals surface area (Å²) >= 11 is 0. The number of nitrogens with one attached hydrogen (secondary N) is 3. The summed E-state index contributed by atoms with van der Waals surface area (Å²) in [5, 5.41) is 5.14. The number of fused-ring (bicyclic) bond motifs is 1. The molecule has 0 spiro atoms. The summed E-state index contributed by atoms with van der Waals surface area (Å²) in [6, 6.07) is 36.7. The Bertz CT molecular complexity index is 2910. The van der Waals surface area contributed by atoms with E-state index in [9.17, 15) is 14.4 Å². The fourth-order valence-corrected chi connectivity index (χ4v) is 15.4. The predicted molar refractivity (Wildman–Crippen MR) is 293 cm³/mol. The van der Waals surface area contributed by atoms with Crippen molar-refractivity contribution >= 4 is 53.3 Å². The molecule has 77 heavy (non-hydrogen) atoms. The number of halogens is 3.